The molecule has 84 valence electrons. The minimum Gasteiger partial charge on any atom is -0.467 e. The Morgan fingerprint density at radius 2 is 2.47 bits per heavy atom. The van der Waals surface area contributed by atoms with Crippen LogP contribution in [0, 0.1) is 0 Å². The van der Waals surface area contributed by atoms with E-state index in [4.69, 9.17) is 4.74 Å². The summed E-state index contributed by atoms with van der Waals surface area (Å²) in [5, 5.41) is 4.09. The Labute approximate surface area is 94.2 Å². The number of ether oxygens (including phenoxy) is 1. The van der Waals surface area contributed by atoms with Crippen LogP contribution in [0.4, 0.5) is 0 Å². The fourth-order valence-electron chi connectivity index (χ4n) is 1.58. The van der Waals surface area contributed by atoms with Crippen LogP contribution in [0.1, 0.15) is 38.4 Å². The van der Waals surface area contributed by atoms with E-state index in [9.17, 15) is 0 Å². The first kappa shape index (κ1) is 10.8. The van der Waals surface area contributed by atoms with Gasteiger partial charge in [-0.15, -0.1) is 0 Å². The number of nitrogens with one attached hydrogen (secondary N) is 1. The average molecular weight is 227 g/mol. The monoisotopic (exact) mass is 227 g/mol. The van der Waals surface area contributed by atoms with Crippen molar-refractivity contribution in [2.24, 2.45) is 0 Å². The number of nitrogens with zero attached hydrogens (tertiary/aromatic N) is 2. The van der Waals surface area contributed by atoms with Crippen molar-refractivity contribution in [3.05, 3.63) is 5.82 Å². The molecular formula is C10H17N3OS. The first-order valence-electron chi connectivity index (χ1n) is 5.45. The Balaban J connectivity index is 1.82. The van der Waals surface area contributed by atoms with E-state index in [1.807, 2.05) is 0 Å². The lowest BCUT2D eigenvalue weighted by Gasteiger charge is -2.08. The highest BCUT2D eigenvalue weighted by Gasteiger charge is 2.16. The maximum Gasteiger partial charge on any atom is 0.293 e. The third-order valence-electron chi connectivity index (χ3n) is 2.51. The molecule has 2 rings (SSSR count). The van der Waals surface area contributed by atoms with Gasteiger partial charge in [-0.05, 0) is 19.4 Å². The van der Waals surface area contributed by atoms with Crippen LogP contribution in [0.15, 0.2) is 0 Å². The highest BCUT2D eigenvalue weighted by atomic mass is 32.1. The molecule has 4 nitrogen and oxygen atoms in total. The van der Waals surface area contributed by atoms with Gasteiger partial charge in [-0.2, -0.15) is 9.36 Å². The quantitative estimate of drug-likeness (QED) is 0.852. The highest BCUT2D eigenvalue weighted by molar-refractivity contribution is 7.07. The summed E-state index contributed by atoms with van der Waals surface area (Å²) >= 11 is 1.35. The lowest BCUT2D eigenvalue weighted by Crippen LogP contribution is -2.28. The molecule has 1 saturated heterocycles. The lowest BCUT2D eigenvalue weighted by atomic mass is 10.2. The third kappa shape index (κ3) is 2.89. The second-order valence-corrected chi connectivity index (χ2v) is 4.89. The average Bonchev–Trinajstić information content (AvgIpc) is 2.86. The summed E-state index contributed by atoms with van der Waals surface area (Å²) in [5.74, 6) is 1.26. The van der Waals surface area contributed by atoms with Crippen molar-refractivity contribution in [2.45, 2.75) is 38.6 Å². The van der Waals surface area contributed by atoms with Gasteiger partial charge in [0.15, 0.2) is 0 Å². The summed E-state index contributed by atoms with van der Waals surface area (Å²) in [5.41, 5.74) is 0. The minimum atomic E-state index is 0.378. The van der Waals surface area contributed by atoms with Gasteiger partial charge >= 0.3 is 0 Å². The molecule has 0 spiro atoms. The van der Waals surface area contributed by atoms with Crippen molar-refractivity contribution in [3.63, 3.8) is 0 Å². The topological polar surface area (TPSA) is 47.0 Å². The Bertz CT molecular complexity index is 307. The summed E-state index contributed by atoms with van der Waals surface area (Å²) in [6.07, 6.45) is 2.46. The molecule has 5 heteroatoms. The van der Waals surface area contributed by atoms with Gasteiger partial charge in [0.25, 0.3) is 5.19 Å². The summed E-state index contributed by atoms with van der Waals surface area (Å²) in [6.45, 7) is 6.00. The summed E-state index contributed by atoms with van der Waals surface area (Å²) < 4.78 is 9.85. The number of aromatic nitrogens is 2. The van der Waals surface area contributed by atoms with Gasteiger partial charge in [0.1, 0.15) is 12.4 Å². The number of rotatable bonds is 4. The molecule has 1 unspecified atom stereocenters. The second-order valence-electron chi connectivity index (χ2n) is 4.18. The Hall–Kier alpha value is -0.680. The molecule has 0 radical (unpaired) electrons. The van der Waals surface area contributed by atoms with E-state index in [1.54, 1.807) is 0 Å². The van der Waals surface area contributed by atoms with Crippen LogP contribution in [0.2, 0.25) is 0 Å². The molecule has 1 fully saturated rings. The van der Waals surface area contributed by atoms with Crippen LogP contribution in [0.25, 0.3) is 0 Å². The Kier molecular flexibility index (Phi) is 3.53. The van der Waals surface area contributed by atoms with Crippen LogP contribution in [0.3, 0.4) is 0 Å². The molecule has 0 aliphatic carbocycles. The molecule has 1 atom stereocenters. The standard InChI is InChI=1S/C10H17N3OS/c1-7(2)9-12-10(15-13-9)14-6-8-4-3-5-11-8/h7-8,11H,3-6H2,1-2H3. The van der Waals surface area contributed by atoms with Gasteiger partial charge in [-0.25, -0.2) is 0 Å². The second kappa shape index (κ2) is 4.90. The van der Waals surface area contributed by atoms with Crippen LogP contribution < -0.4 is 10.1 Å². The van der Waals surface area contributed by atoms with Crippen molar-refractivity contribution in [3.8, 4) is 5.19 Å². The molecule has 1 aliphatic heterocycles. The number of hydrogen-bond donors (Lipinski definition) is 1. The zero-order chi connectivity index (χ0) is 10.7. The predicted octanol–water partition coefficient (Wildman–Crippen LogP) is 1.79. The number of hydrogen-bond acceptors (Lipinski definition) is 5. The third-order valence-corrected chi connectivity index (χ3v) is 3.15. The first-order valence-corrected chi connectivity index (χ1v) is 6.23. The van der Waals surface area contributed by atoms with Gasteiger partial charge in [-0.1, -0.05) is 13.8 Å². The highest BCUT2D eigenvalue weighted by Crippen LogP contribution is 2.19. The molecule has 2 heterocycles. The maximum absolute atomic E-state index is 5.60. The Morgan fingerprint density at radius 1 is 1.60 bits per heavy atom. The van der Waals surface area contributed by atoms with Gasteiger partial charge in [-0.3, -0.25) is 0 Å². The molecule has 0 amide bonds. The Morgan fingerprint density at radius 3 is 3.07 bits per heavy atom. The lowest BCUT2D eigenvalue weighted by molar-refractivity contribution is 0.275. The van der Waals surface area contributed by atoms with E-state index in [0.29, 0.717) is 23.8 Å². The molecular weight excluding hydrogens is 210 g/mol. The van der Waals surface area contributed by atoms with Gasteiger partial charge in [0.2, 0.25) is 0 Å². The zero-order valence-electron chi connectivity index (χ0n) is 9.19. The maximum atomic E-state index is 5.60. The van der Waals surface area contributed by atoms with E-state index < -0.39 is 0 Å². The van der Waals surface area contributed by atoms with Gasteiger partial charge in [0.05, 0.1) is 0 Å². The fraction of sp³-hybridized carbons (Fsp3) is 0.800. The van der Waals surface area contributed by atoms with Crippen molar-refractivity contribution >= 4 is 11.5 Å². The van der Waals surface area contributed by atoms with Crippen molar-refractivity contribution in [1.29, 1.82) is 0 Å². The van der Waals surface area contributed by atoms with Crippen molar-refractivity contribution in [1.82, 2.24) is 14.7 Å². The molecule has 0 aromatic carbocycles. The van der Waals surface area contributed by atoms with Crippen LogP contribution >= 0.6 is 11.5 Å². The van der Waals surface area contributed by atoms with Crippen LogP contribution in [-0.2, 0) is 0 Å². The first-order chi connectivity index (χ1) is 7.25. The summed E-state index contributed by atoms with van der Waals surface area (Å²) in [7, 11) is 0. The van der Waals surface area contributed by atoms with E-state index in [2.05, 4.69) is 28.5 Å². The van der Waals surface area contributed by atoms with Crippen molar-refractivity contribution in [2.75, 3.05) is 13.2 Å². The van der Waals surface area contributed by atoms with Gasteiger partial charge < -0.3 is 10.1 Å². The summed E-state index contributed by atoms with van der Waals surface area (Å²) in [4.78, 5) is 4.33. The predicted molar refractivity (Wildman–Crippen MR) is 60.5 cm³/mol. The normalized spacial score (nSPS) is 21.1. The molecule has 1 aliphatic rings. The molecule has 0 bridgehead atoms. The van der Waals surface area contributed by atoms with Crippen LogP contribution in [-0.4, -0.2) is 28.6 Å². The molecule has 1 aromatic heterocycles. The van der Waals surface area contributed by atoms with E-state index in [0.717, 1.165) is 12.4 Å². The fourth-order valence-corrected chi connectivity index (χ4v) is 2.26. The molecule has 0 saturated carbocycles. The molecule has 1 aromatic rings. The SMILES string of the molecule is CC(C)c1nsc(OCC2CCCN2)n1. The zero-order valence-corrected chi connectivity index (χ0v) is 10.0. The van der Waals surface area contributed by atoms with E-state index in [-0.39, 0.29) is 0 Å². The summed E-state index contributed by atoms with van der Waals surface area (Å²) in [6, 6.07) is 0.497. The largest absolute Gasteiger partial charge is 0.467 e. The van der Waals surface area contributed by atoms with Crippen molar-refractivity contribution < 1.29 is 4.74 Å². The molecule has 15 heavy (non-hydrogen) atoms. The van der Waals surface area contributed by atoms with E-state index >= 15 is 0 Å². The smallest absolute Gasteiger partial charge is 0.293 e. The minimum absolute atomic E-state index is 0.378. The van der Waals surface area contributed by atoms with Crippen LogP contribution in [0.5, 0.6) is 5.19 Å². The molecule has 1 N–H and O–H groups in total. The van der Waals surface area contributed by atoms with Gasteiger partial charge in [0, 0.05) is 23.5 Å². The van der Waals surface area contributed by atoms with E-state index in [1.165, 1.54) is 24.4 Å².